The molecule has 108 valence electrons. The van der Waals surface area contributed by atoms with Crippen LogP contribution in [0.4, 0.5) is 17.6 Å². The number of hydrogen-bond acceptors (Lipinski definition) is 3. The van der Waals surface area contributed by atoms with Gasteiger partial charge in [0.05, 0.1) is 5.56 Å². The average molecular weight is 309 g/mol. The van der Waals surface area contributed by atoms with E-state index in [0.717, 1.165) is 12.1 Å². The van der Waals surface area contributed by atoms with Gasteiger partial charge in [0.25, 0.3) is 0 Å². The minimum Gasteiger partial charge on any atom is -0.339 e. The Morgan fingerprint density at radius 2 is 2.00 bits per heavy atom. The molecule has 20 heavy (non-hydrogen) atoms. The van der Waals surface area contributed by atoms with Crippen molar-refractivity contribution in [3.05, 3.63) is 35.5 Å². The molecule has 2 rings (SSSR count). The molecule has 0 amide bonds. The summed E-state index contributed by atoms with van der Waals surface area (Å²) in [5.74, 6) is -0.564. The molecule has 0 fully saturated rings. The van der Waals surface area contributed by atoms with E-state index in [4.69, 9.17) is 16.1 Å². The first-order valence-electron chi connectivity index (χ1n) is 5.67. The summed E-state index contributed by atoms with van der Waals surface area (Å²) in [4.78, 5) is 3.83. The molecule has 0 spiro atoms. The highest BCUT2D eigenvalue weighted by molar-refractivity contribution is 6.17. The van der Waals surface area contributed by atoms with E-state index in [1.165, 1.54) is 0 Å². The van der Waals surface area contributed by atoms with Gasteiger partial charge in [-0.05, 0) is 24.6 Å². The van der Waals surface area contributed by atoms with Crippen LogP contribution in [0, 0.1) is 5.82 Å². The van der Waals surface area contributed by atoms with Crippen LogP contribution >= 0.6 is 11.6 Å². The van der Waals surface area contributed by atoms with Crippen LogP contribution in [0.3, 0.4) is 0 Å². The number of alkyl halides is 4. The van der Waals surface area contributed by atoms with Gasteiger partial charge in [-0.3, -0.25) is 0 Å². The highest BCUT2D eigenvalue weighted by Crippen LogP contribution is 2.36. The van der Waals surface area contributed by atoms with Crippen molar-refractivity contribution in [1.82, 2.24) is 10.1 Å². The van der Waals surface area contributed by atoms with Crippen LogP contribution in [-0.4, -0.2) is 16.0 Å². The van der Waals surface area contributed by atoms with Crippen LogP contribution in [-0.2, 0) is 12.6 Å². The van der Waals surface area contributed by atoms with Crippen molar-refractivity contribution in [2.75, 3.05) is 5.88 Å². The Labute approximate surface area is 116 Å². The van der Waals surface area contributed by atoms with Crippen molar-refractivity contribution >= 4 is 11.6 Å². The minimum atomic E-state index is -4.63. The third kappa shape index (κ3) is 3.27. The molecule has 0 radical (unpaired) electrons. The molecule has 0 N–H and O–H groups in total. The molecule has 1 aromatic heterocycles. The molecule has 1 heterocycles. The molecule has 0 unspecified atom stereocenters. The molecule has 3 nitrogen and oxygen atoms in total. The predicted molar refractivity (Wildman–Crippen MR) is 63.7 cm³/mol. The fourth-order valence-electron chi connectivity index (χ4n) is 1.63. The first kappa shape index (κ1) is 14.8. The van der Waals surface area contributed by atoms with Gasteiger partial charge in [-0.1, -0.05) is 5.16 Å². The van der Waals surface area contributed by atoms with Gasteiger partial charge in [0.15, 0.2) is 0 Å². The highest BCUT2D eigenvalue weighted by atomic mass is 35.5. The van der Waals surface area contributed by atoms with Gasteiger partial charge in [0, 0.05) is 17.9 Å². The molecule has 0 saturated heterocycles. The predicted octanol–water partition coefficient (Wildman–Crippen LogP) is 4.07. The van der Waals surface area contributed by atoms with Crippen LogP contribution in [0.15, 0.2) is 22.7 Å². The SMILES string of the molecule is Fc1ccc(C(F)(F)F)c(-c2noc(CCCCl)n2)c1. The highest BCUT2D eigenvalue weighted by Gasteiger charge is 2.35. The second-order valence-corrected chi connectivity index (χ2v) is 4.37. The van der Waals surface area contributed by atoms with E-state index in [2.05, 4.69) is 10.1 Å². The van der Waals surface area contributed by atoms with E-state index in [0.29, 0.717) is 24.8 Å². The molecular formula is C12H9ClF4N2O. The number of halogens is 5. The molecular weight excluding hydrogens is 300 g/mol. The summed E-state index contributed by atoms with van der Waals surface area (Å²) in [6, 6.07) is 2.12. The maximum absolute atomic E-state index is 13.2. The van der Waals surface area contributed by atoms with E-state index in [1.807, 2.05) is 0 Å². The Bertz CT molecular complexity index is 597. The summed E-state index contributed by atoms with van der Waals surface area (Å²) < 4.78 is 56.5. The Morgan fingerprint density at radius 1 is 1.25 bits per heavy atom. The van der Waals surface area contributed by atoms with Gasteiger partial charge in [-0.2, -0.15) is 18.2 Å². The van der Waals surface area contributed by atoms with Gasteiger partial charge in [0.1, 0.15) is 5.82 Å². The van der Waals surface area contributed by atoms with E-state index in [-0.39, 0.29) is 11.7 Å². The van der Waals surface area contributed by atoms with Gasteiger partial charge >= 0.3 is 6.18 Å². The minimum absolute atomic E-state index is 0.165. The van der Waals surface area contributed by atoms with Crippen LogP contribution < -0.4 is 0 Å². The standard InChI is InChI=1S/C12H9ClF4N2O/c13-5-1-2-10-18-11(19-20-10)8-6-7(14)3-4-9(8)12(15,16)17/h3-4,6H,1-2,5H2. The smallest absolute Gasteiger partial charge is 0.339 e. The lowest BCUT2D eigenvalue weighted by Gasteiger charge is -2.10. The molecule has 0 bridgehead atoms. The zero-order valence-electron chi connectivity index (χ0n) is 10.0. The second-order valence-electron chi connectivity index (χ2n) is 3.99. The summed E-state index contributed by atoms with van der Waals surface area (Å²) in [6.45, 7) is 0. The fourth-order valence-corrected chi connectivity index (χ4v) is 1.77. The van der Waals surface area contributed by atoms with Gasteiger partial charge in [0.2, 0.25) is 11.7 Å². The van der Waals surface area contributed by atoms with Crippen molar-refractivity contribution in [3.63, 3.8) is 0 Å². The molecule has 0 aliphatic carbocycles. The van der Waals surface area contributed by atoms with E-state index in [1.54, 1.807) is 0 Å². The van der Waals surface area contributed by atoms with Crippen LogP contribution in [0.25, 0.3) is 11.4 Å². The Balaban J connectivity index is 2.41. The van der Waals surface area contributed by atoms with Crippen molar-refractivity contribution in [3.8, 4) is 11.4 Å². The number of rotatable bonds is 4. The lowest BCUT2D eigenvalue weighted by atomic mass is 10.1. The molecule has 0 aliphatic heterocycles. The molecule has 1 aromatic carbocycles. The average Bonchev–Trinajstić information content (AvgIpc) is 2.83. The first-order valence-corrected chi connectivity index (χ1v) is 6.21. The number of aryl methyl sites for hydroxylation is 1. The number of hydrogen-bond donors (Lipinski definition) is 0. The lowest BCUT2D eigenvalue weighted by molar-refractivity contribution is -0.137. The first-order chi connectivity index (χ1) is 9.41. The Kier molecular flexibility index (Phi) is 4.27. The quantitative estimate of drug-likeness (QED) is 0.631. The molecule has 8 heteroatoms. The topological polar surface area (TPSA) is 38.9 Å². The van der Waals surface area contributed by atoms with Crippen molar-refractivity contribution in [2.45, 2.75) is 19.0 Å². The van der Waals surface area contributed by atoms with Gasteiger partial charge < -0.3 is 4.52 Å². The Hall–Kier alpha value is -1.63. The molecule has 0 atom stereocenters. The normalized spacial score (nSPS) is 11.8. The number of benzene rings is 1. The summed E-state index contributed by atoms with van der Waals surface area (Å²) >= 11 is 5.49. The van der Waals surface area contributed by atoms with Crippen molar-refractivity contribution < 1.29 is 22.1 Å². The monoisotopic (exact) mass is 308 g/mol. The summed E-state index contributed by atoms with van der Waals surface area (Å²) in [5, 5.41) is 3.46. The summed E-state index contributed by atoms with van der Waals surface area (Å²) in [7, 11) is 0. The van der Waals surface area contributed by atoms with Crippen LogP contribution in [0.2, 0.25) is 0 Å². The van der Waals surface area contributed by atoms with E-state index < -0.39 is 23.1 Å². The number of nitrogens with zero attached hydrogens (tertiary/aromatic N) is 2. The molecule has 0 aliphatic rings. The van der Waals surface area contributed by atoms with Crippen molar-refractivity contribution in [2.24, 2.45) is 0 Å². The summed E-state index contributed by atoms with van der Waals surface area (Å²) in [5.41, 5.74) is -1.46. The zero-order valence-corrected chi connectivity index (χ0v) is 10.8. The third-order valence-electron chi connectivity index (χ3n) is 2.52. The largest absolute Gasteiger partial charge is 0.417 e. The fraction of sp³-hybridized carbons (Fsp3) is 0.333. The van der Waals surface area contributed by atoms with Crippen molar-refractivity contribution in [1.29, 1.82) is 0 Å². The molecule has 0 saturated carbocycles. The van der Waals surface area contributed by atoms with Gasteiger partial charge in [-0.25, -0.2) is 4.39 Å². The summed E-state index contributed by atoms with van der Waals surface area (Å²) in [6.07, 6.45) is -3.72. The van der Waals surface area contributed by atoms with Crippen LogP contribution in [0.1, 0.15) is 17.9 Å². The maximum Gasteiger partial charge on any atom is 0.417 e. The molecule has 2 aromatic rings. The second kappa shape index (κ2) is 5.78. The van der Waals surface area contributed by atoms with Gasteiger partial charge in [-0.15, -0.1) is 11.6 Å². The van der Waals surface area contributed by atoms with E-state index >= 15 is 0 Å². The Morgan fingerprint density at radius 3 is 2.65 bits per heavy atom. The number of aromatic nitrogens is 2. The zero-order chi connectivity index (χ0) is 14.8. The van der Waals surface area contributed by atoms with Crippen LogP contribution in [0.5, 0.6) is 0 Å². The lowest BCUT2D eigenvalue weighted by Crippen LogP contribution is -2.08. The maximum atomic E-state index is 13.2. The van der Waals surface area contributed by atoms with E-state index in [9.17, 15) is 17.6 Å². The third-order valence-corrected chi connectivity index (χ3v) is 2.79.